The average molecular weight is 386 g/mol. The molecule has 0 bridgehead atoms. The van der Waals surface area contributed by atoms with Gasteiger partial charge in [0.15, 0.2) is 0 Å². The molecule has 0 aromatic heterocycles. The molecule has 7 heteroatoms. The van der Waals surface area contributed by atoms with E-state index in [9.17, 15) is 18.0 Å². The lowest BCUT2D eigenvalue weighted by molar-refractivity contribution is -0.137. The molecule has 0 atom stereocenters. The third kappa shape index (κ3) is 4.69. The van der Waals surface area contributed by atoms with Gasteiger partial charge in [-0.25, -0.2) is 5.84 Å². The van der Waals surface area contributed by atoms with Gasteiger partial charge in [-0.05, 0) is 53.1 Å². The Balaban J connectivity index is 1.73. The van der Waals surface area contributed by atoms with Crippen LogP contribution in [0.2, 0.25) is 0 Å². The van der Waals surface area contributed by atoms with E-state index < -0.39 is 11.7 Å². The minimum atomic E-state index is -4.41. The number of carbonyl (C=O) groups is 1. The molecular formula is C21H17F3N2O2. The number of carbonyl (C=O) groups excluding carboxylic acids is 1. The van der Waals surface area contributed by atoms with Crippen molar-refractivity contribution in [2.75, 3.05) is 0 Å². The zero-order chi connectivity index (χ0) is 20.1. The van der Waals surface area contributed by atoms with E-state index in [0.717, 1.165) is 28.8 Å². The van der Waals surface area contributed by atoms with Crippen LogP contribution in [0.5, 0.6) is 5.75 Å². The van der Waals surface area contributed by atoms with Gasteiger partial charge in [0.2, 0.25) is 0 Å². The Morgan fingerprint density at radius 1 is 0.929 bits per heavy atom. The van der Waals surface area contributed by atoms with Crippen molar-refractivity contribution in [3.05, 3.63) is 89.5 Å². The molecule has 3 N–H and O–H groups in total. The monoisotopic (exact) mass is 386 g/mol. The van der Waals surface area contributed by atoms with Gasteiger partial charge in [0.25, 0.3) is 5.91 Å². The number of halogens is 3. The van der Waals surface area contributed by atoms with Crippen LogP contribution in [0.3, 0.4) is 0 Å². The first-order valence-electron chi connectivity index (χ1n) is 8.37. The number of amides is 1. The number of nitrogens with one attached hydrogen (secondary N) is 1. The van der Waals surface area contributed by atoms with Crippen molar-refractivity contribution in [2.45, 2.75) is 12.8 Å². The lowest BCUT2D eigenvalue weighted by Crippen LogP contribution is -2.29. The second-order valence-corrected chi connectivity index (χ2v) is 6.07. The van der Waals surface area contributed by atoms with Crippen molar-refractivity contribution >= 4 is 5.91 Å². The van der Waals surface area contributed by atoms with Crippen LogP contribution in [0.4, 0.5) is 13.2 Å². The second-order valence-electron chi connectivity index (χ2n) is 6.07. The molecule has 0 spiro atoms. The molecule has 1 amide bonds. The molecule has 0 aliphatic heterocycles. The Morgan fingerprint density at radius 3 is 2.32 bits per heavy atom. The number of hydrogen-bond donors (Lipinski definition) is 2. The number of alkyl halides is 3. The summed E-state index contributed by atoms with van der Waals surface area (Å²) in [5.74, 6) is 4.88. The van der Waals surface area contributed by atoms with Gasteiger partial charge >= 0.3 is 6.18 Å². The van der Waals surface area contributed by atoms with Crippen molar-refractivity contribution in [3.63, 3.8) is 0 Å². The van der Waals surface area contributed by atoms with Crippen LogP contribution < -0.4 is 16.0 Å². The van der Waals surface area contributed by atoms with Crippen LogP contribution in [0.15, 0.2) is 72.8 Å². The molecular weight excluding hydrogens is 369 g/mol. The molecule has 0 saturated heterocycles. The summed E-state index contributed by atoms with van der Waals surface area (Å²) in [5.41, 5.74) is 4.34. The molecule has 3 aromatic rings. The van der Waals surface area contributed by atoms with Crippen LogP contribution in [0.25, 0.3) is 11.1 Å². The summed E-state index contributed by atoms with van der Waals surface area (Å²) in [6.07, 6.45) is -4.41. The minimum Gasteiger partial charge on any atom is -0.489 e. The van der Waals surface area contributed by atoms with Crippen molar-refractivity contribution < 1.29 is 22.7 Å². The van der Waals surface area contributed by atoms with Crippen LogP contribution in [0.1, 0.15) is 21.5 Å². The Kier molecular flexibility index (Phi) is 5.65. The smallest absolute Gasteiger partial charge is 0.416 e. The van der Waals surface area contributed by atoms with Crippen molar-refractivity contribution in [1.29, 1.82) is 0 Å². The molecule has 0 fully saturated rings. The van der Waals surface area contributed by atoms with Crippen LogP contribution in [-0.4, -0.2) is 5.91 Å². The fourth-order valence-corrected chi connectivity index (χ4v) is 2.67. The van der Waals surface area contributed by atoms with E-state index in [2.05, 4.69) is 5.43 Å². The Hall–Kier alpha value is -3.32. The maximum absolute atomic E-state index is 12.8. The molecule has 3 rings (SSSR count). The molecule has 144 valence electrons. The highest BCUT2D eigenvalue weighted by Gasteiger charge is 2.30. The Labute approximate surface area is 159 Å². The second kappa shape index (κ2) is 8.14. The van der Waals surface area contributed by atoms with Crippen LogP contribution in [0, 0.1) is 0 Å². The fraction of sp³-hybridized carbons (Fsp3) is 0.0952. The number of benzene rings is 3. The quantitative estimate of drug-likeness (QED) is 0.384. The first-order chi connectivity index (χ1) is 13.4. The van der Waals surface area contributed by atoms with E-state index >= 15 is 0 Å². The van der Waals surface area contributed by atoms with Gasteiger partial charge in [0.1, 0.15) is 12.4 Å². The normalized spacial score (nSPS) is 11.1. The van der Waals surface area contributed by atoms with Crippen molar-refractivity contribution in [1.82, 2.24) is 5.43 Å². The molecule has 0 radical (unpaired) electrons. The first kappa shape index (κ1) is 19.4. The van der Waals surface area contributed by atoms with Crippen molar-refractivity contribution in [3.8, 4) is 16.9 Å². The van der Waals surface area contributed by atoms with E-state index in [4.69, 9.17) is 10.6 Å². The third-order valence-corrected chi connectivity index (χ3v) is 4.11. The lowest BCUT2D eigenvalue weighted by atomic mass is 10.0. The summed E-state index contributed by atoms with van der Waals surface area (Å²) in [5, 5.41) is 0. The number of nitrogens with two attached hydrogens (primary N) is 1. The van der Waals surface area contributed by atoms with Gasteiger partial charge in [0, 0.05) is 5.56 Å². The highest BCUT2D eigenvalue weighted by molar-refractivity contribution is 5.94. The molecule has 0 aliphatic rings. The summed E-state index contributed by atoms with van der Waals surface area (Å²) in [7, 11) is 0. The lowest BCUT2D eigenvalue weighted by Gasteiger charge is -2.11. The molecule has 28 heavy (non-hydrogen) atoms. The largest absolute Gasteiger partial charge is 0.489 e. The first-order valence-corrected chi connectivity index (χ1v) is 8.37. The summed E-state index contributed by atoms with van der Waals surface area (Å²) in [6, 6.07) is 19.1. The third-order valence-electron chi connectivity index (χ3n) is 4.11. The summed E-state index contributed by atoms with van der Waals surface area (Å²) in [4.78, 5) is 11.5. The number of rotatable bonds is 5. The summed E-state index contributed by atoms with van der Waals surface area (Å²) in [6.45, 7) is 0.128. The van der Waals surface area contributed by atoms with Gasteiger partial charge in [-0.2, -0.15) is 13.2 Å². The average Bonchev–Trinajstić information content (AvgIpc) is 2.71. The zero-order valence-corrected chi connectivity index (χ0v) is 14.7. The predicted octanol–water partition coefficient (Wildman–Crippen LogP) is 4.55. The molecule has 0 aliphatic carbocycles. The van der Waals surface area contributed by atoms with Gasteiger partial charge in [0.05, 0.1) is 5.56 Å². The highest BCUT2D eigenvalue weighted by atomic mass is 19.4. The Bertz CT molecular complexity index is 970. The standard InChI is InChI=1S/C21H17F3N2O2/c22-21(23,24)18-5-2-6-19(12-18)28-13-14-3-1-4-17(11-14)15-7-9-16(10-8-15)20(27)26-25/h1-12H,13,25H2,(H,26,27). The van der Waals surface area contributed by atoms with Crippen LogP contribution >= 0.6 is 0 Å². The van der Waals surface area contributed by atoms with Gasteiger partial charge in [-0.15, -0.1) is 0 Å². The molecule has 0 unspecified atom stereocenters. The molecule has 0 heterocycles. The number of ether oxygens (including phenoxy) is 1. The number of nitrogen functional groups attached to an aromatic ring is 1. The Morgan fingerprint density at radius 2 is 1.64 bits per heavy atom. The van der Waals surface area contributed by atoms with Crippen molar-refractivity contribution in [2.24, 2.45) is 5.84 Å². The van der Waals surface area contributed by atoms with Gasteiger partial charge < -0.3 is 4.74 Å². The predicted molar refractivity (Wildman–Crippen MR) is 99.3 cm³/mol. The van der Waals surface area contributed by atoms with Crippen LogP contribution in [-0.2, 0) is 12.8 Å². The van der Waals surface area contributed by atoms with E-state index in [0.29, 0.717) is 5.56 Å². The zero-order valence-electron chi connectivity index (χ0n) is 14.7. The number of hydrogen-bond acceptors (Lipinski definition) is 3. The van der Waals surface area contributed by atoms with E-state index in [-0.39, 0.29) is 18.3 Å². The molecule has 0 saturated carbocycles. The SMILES string of the molecule is NNC(=O)c1ccc(-c2cccc(COc3cccc(C(F)(F)F)c3)c2)cc1. The van der Waals surface area contributed by atoms with Gasteiger partial charge in [-0.3, -0.25) is 10.2 Å². The molecule has 4 nitrogen and oxygen atoms in total. The minimum absolute atomic E-state index is 0.128. The van der Waals surface area contributed by atoms with E-state index in [1.807, 2.05) is 24.3 Å². The topological polar surface area (TPSA) is 64.3 Å². The maximum atomic E-state index is 12.8. The maximum Gasteiger partial charge on any atom is 0.416 e. The fourth-order valence-electron chi connectivity index (χ4n) is 2.67. The van der Waals surface area contributed by atoms with Gasteiger partial charge in [-0.1, -0.05) is 36.4 Å². The molecule has 3 aromatic carbocycles. The summed E-state index contributed by atoms with van der Waals surface area (Å²) >= 11 is 0. The number of hydrazine groups is 1. The van der Waals surface area contributed by atoms with E-state index in [1.165, 1.54) is 12.1 Å². The highest BCUT2D eigenvalue weighted by Crippen LogP contribution is 2.31. The van der Waals surface area contributed by atoms with E-state index in [1.54, 1.807) is 24.3 Å². The summed E-state index contributed by atoms with van der Waals surface area (Å²) < 4.78 is 43.9.